The van der Waals surface area contributed by atoms with E-state index in [9.17, 15) is 4.79 Å². The van der Waals surface area contributed by atoms with Crippen LogP contribution < -0.4 is 5.73 Å². The smallest absolute Gasteiger partial charge is 0.246 e. The van der Waals surface area contributed by atoms with E-state index in [4.69, 9.17) is 17.3 Å². The first-order valence-corrected chi connectivity index (χ1v) is 6.93. The second-order valence-corrected chi connectivity index (χ2v) is 5.46. The Balaban J connectivity index is 2.09. The van der Waals surface area contributed by atoms with Crippen LogP contribution in [-0.4, -0.2) is 29.9 Å². The molecule has 1 heterocycles. The molecule has 3 nitrogen and oxygen atoms in total. The number of benzene rings is 1. The number of hydrogen-bond donors (Lipinski definition) is 1. The summed E-state index contributed by atoms with van der Waals surface area (Å²) in [6.45, 7) is 3.37. The van der Waals surface area contributed by atoms with Crippen LogP contribution in [0.2, 0.25) is 5.02 Å². The van der Waals surface area contributed by atoms with Gasteiger partial charge in [-0.05, 0) is 43.0 Å². The lowest BCUT2D eigenvalue weighted by Gasteiger charge is -2.30. The summed E-state index contributed by atoms with van der Waals surface area (Å²) >= 11 is 5.95. The van der Waals surface area contributed by atoms with Gasteiger partial charge >= 0.3 is 0 Å². The first-order chi connectivity index (χ1) is 9.06. The summed E-state index contributed by atoms with van der Waals surface area (Å²) < 4.78 is 0. The first-order valence-electron chi connectivity index (χ1n) is 6.55. The van der Waals surface area contributed by atoms with Crippen LogP contribution in [0.5, 0.6) is 0 Å². The Hall–Kier alpha value is -1.32. The number of nitrogens with two attached hydrogens (primary N) is 1. The highest BCUT2D eigenvalue weighted by atomic mass is 35.5. The summed E-state index contributed by atoms with van der Waals surface area (Å²) in [6.07, 6.45) is 3.65. The number of carbonyl (C=O) groups is 1. The van der Waals surface area contributed by atoms with E-state index in [1.54, 1.807) is 6.08 Å². The van der Waals surface area contributed by atoms with Gasteiger partial charge in [0.05, 0.1) is 0 Å². The molecule has 1 saturated heterocycles. The number of halogens is 1. The van der Waals surface area contributed by atoms with Gasteiger partial charge in [-0.15, -0.1) is 0 Å². The molecule has 2 rings (SSSR count). The van der Waals surface area contributed by atoms with Gasteiger partial charge in [0.15, 0.2) is 0 Å². The molecule has 2 N–H and O–H groups in total. The maximum Gasteiger partial charge on any atom is 0.246 e. The molecule has 19 heavy (non-hydrogen) atoms. The number of carbonyl (C=O) groups excluding carboxylic acids is 1. The van der Waals surface area contributed by atoms with Gasteiger partial charge < -0.3 is 10.6 Å². The molecular formula is C15H19ClN2O. The highest BCUT2D eigenvalue weighted by molar-refractivity contribution is 6.30. The minimum atomic E-state index is 0.0348. The molecule has 0 aliphatic carbocycles. The molecular weight excluding hydrogens is 260 g/mol. The van der Waals surface area contributed by atoms with Crippen LogP contribution >= 0.6 is 11.6 Å². The maximum absolute atomic E-state index is 12.2. The molecule has 1 aliphatic heterocycles. The van der Waals surface area contributed by atoms with Gasteiger partial charge in [-0.1, -0.05) is 23.7 Å². The van der Waals surface area contributed by atoms with Crippen molar-refractivity contribution >= 4 is 23.1 Å². The van der Waals surface area contributed by atoms with Gasteiger partial charge in [0.1, 0.15) is 0 Å². The van der Waals surface area contributed by atoms with Gasteiger partial charge in [-0.3, -0.25) is 4.79 Å². The van der Waals surface area contributed by atoms with Crippen molar-refractivity contribution in [3.63, 3.8) is 0 Å². The largest absolute Gasteiger partial charge is 0.338 e. The van der Waals surface area contributed by atoms with E-state index in [2.05, 4.69) is 0 Å². The average Bonchev–Trinajstić information content (AvgIpc) is 2.38. The summed E-state index contributed by atoms with van der Waals surface area (Å²) in [4.78, 5) is 14.0. The predicted octanol–water partition coefficient (Wildman–Crippen LogP) is 2.69. The van der Waals surface area contributed by atoms with Crippen molar-refractivity contribution in [1.82, 2.24) is 4.90 Å². The van der Waals surface area contributed by atoms with Gasteiger partial charge in [-0.25, -0.2) is 0 Å². The van der Waals surface area contributed by atoms with Crippen LogP contribution in [0.4, 0.5) is 0 Å². The van der Waals surface area contributed by atoms with E-state index < -0.39 is 0 Å². The quantitative estimate of drug-likeness (QED) is 0.846. The normalized spacial score (nSPS) is 20.5. The van der Waals surface area contributed by atoms with Crippen LogP contribution in [-0.2, 0) is 4.79 Å². The third-order valence-electron chi connectivity index (χ3n) is 3.39. The van der Waals surface area contributed by atoms with Crippen molar-refractivity contribution in [2.24, 2.45) is 5.73 Å². The molecule has 0 saturated carbocycles. The zero-order valence-corrected chi connectivity index (χ0v) is 11.9. The number of piperidine rings is 1. The van der Waals surface area contributed by atoms with Gasteiger partial charge in [0, 0.05) is 30.2 Å². The number of allylic oxidation sites excluding steroid dienone is 1. The minimum absolute atomic E-state index is 0.0348. The molecule has 1 atom stereocenters. The van der Waals surface area contributed by atoms with Gasteiger partial charge in [0.25, 0.3) is 0 Å². The Kier molecular flexibility index (Phi) is 4.61. The van der Waals surface area contributed by atoms with Crippen LogP contribution in [0.25, 0.3) is 5.57 Å². The molecule has 0 bridgehead atoms. The Labute approximate surface area is 119 Å². The van der Waals surface area contributed by atoms with Crippen LogP contribution in [0.15, 0.2) is 30.3 Å². The molecule has 4 heteroatoms. The monoisotopic (exact) mass is 278 g/mol. The fourth-order valence-corrected chi connectivity index (χ4v) is 2.49. The number of nitrogens with zero attached hydrogens (tertiary/aromatic N) is 1. The zero-order chi connectivity index (χ0) is 13.8. The van der Waals surface area contributed by atoms with E-state index in [0.29, 0.717) is 11.6 Å². The standard InChI is InChI=1S/C15H19ClN2O/c1-11(12-4-2-5-13(16)9-12)8-15(19)18-7-3-6-14(17)10-18/h2,4-5,8-9,14H,3,6-7,10,17H2,1H3/b11-8+. The molecule has 0 spiro atoms. The topological polar surface area (TPSA) is 46.3 Å². The second kappa shape index (κ2) is 6.22. The lowest BCUT2D eigenvalue weighted by atomic mass is 10.0. The minimum Gasteiger partial charge on any atom is -0.338 e. The molecule has 0 radical (unpaired) electrons. The van der Waals surface area contributed by atoms with Gasteiger partial charge in [-0.2, -0.15) is 0 Å². The van der Waals surface area contributed by atoms with Crippen molar-refractivity contribution < 1.29 is 4.79 Å². The third-order valence-corrected chi connectivity index (χ3v) is 3.62. The Bertz CT molecular complexity index is 499. The van der Waals surface area contributed by atoms with Crippen molar-refractivity contribution in [1.29, 1.82) is 0 Å². The number of rotatable bonds is 2. The third kappa shape index (κ3) is 3.82. The molecule has 1 amide bonds. The van der Waals surface area contributed by atoms with Crippen molar-refractivity contribution in [2.75, 3.05) is 13.1 Å². The fourth-order valence-electron chi connectivity index (χ4n) is 2.30. The van der Waals surface area contributed by atoms with Crippen LogP contribution in [0.1, 0.15) is 25.3 Å². The van der Waals surface area contributed by atoms with E-state index in [-0.39, 0.29) is 11.9 Å². The molecule has 102 valence electrons. The summed E-state index contributed by atoms with van der Waals surface area (Å²) in [5, 5.41) is 0.678. The highest BCUT2D eigenvalue weighted by Gasteiger charge is 2.19. The molecule has 1 aromatic rings. The first kappa shape index (κ1) is 14.1. The summed E-state index contributed by atoms with van der Waals surface area (Å²) in [5.74, 6) is 0.0348. The van der Waals surface area contributed by atoms with Crippen LogP contribution in [0, 0.1) is 0 Å². The lowest BCUT2D eigenvalue weighted by molar-refractivity contribution is -0.127. The van der Waals surface area contributed by atoms with Crippen molar-refractivity contribution in [3.05, 3.63) is 40.9 Å². The number of hydrogen-bond acceptors (Lipinski definition) is 2. The number of likely N-dealkylation sites (tertiary alicyclic amines) is 1. The van der Waals surface area contributed by atoms with Gasteiger partial charge in [0.2, 0.25) is 5.91 Å². The van der Waals surface area contributed by atoms with E-state index in [1.807, 2.05) is 36.1 Å². The SMILES string of the molecule is C/C(=C\C(=O)N1CCCC(N)C1)c1cccc(Cl)c1. The van der Waals surface area contributed by atoms with E-state index in [1.165, 1.54) is 0 Å². The Morgan fingerprint density at radius 2 is 2.32 bits per heavy atom. The molecule has 1 fully saturated rings. The van der Waals surface area contributed by atoms with Crippen molar-refractivity contribution in [3.8, 4) is 0 Å². The zero-order valence-electron chi connectivity index (χ0n) is 11.1. The predicted molar refractivity (Wildman–Crippen MR) is 78.9 cm³/mol. The molecule has 1 aromatic carbocycles. The lowest BCUT2D eigenvalue weighted by Crippen LogP contribution is -2.45. The fraction of sp³-hybridized carbons (Fsp3) is 0.400. The highest BCUT2D eigenvalue weighted by Crippen LogP contribution is 2.19. The van der Waals surface area contributed by atoms with E-state index >= 15 is 0 Å². The molecule has 0 aromatic heterocycles. The summed E-state index contributed by atoms with van der Waals surface area (Å²) in [7, 11) is 0. The summed E-state index contributed by atoms with van der Waals surface area (Å²) in [6, 6.07) is 7.63. The second-order valence-electron chi connectivity index (χ2n) is 5.02. The summed E-state index contributed by atoms with van der Waals surface area (Å²) in [5.41, 5.74) is 7.79. The maximum atomic E-state index is 12.2. The Morgan fingerprint density at radius 3 is 3.00 bits per heavy atom. The van der Waals surface area contributed by atoms with E-state index in [0.717, 1.165) is 30.5 Å². The Morgan fingerprint density at radius 1 is 1.53 bits per heavy atom. The van der Waals surface area contributed by atoms with Crippen molar-refractivity contribution in [2.45, 2.75) is 25.8 Å². The average molecular weight is 279 g/mol. The number of amides is 1. The molecule has 1 unspecified atom stereocenters. The molecule has 1 aliphatic rings. The van der Waals surface area contributed by atoms with Crippen LogP contribution in [0.3, 0.4) is 0 Å².